The fraction of sp³-hybridized carbons (Fsp3) is 0.316. The molecule has 1 aliphatic rings. The first-order valence-electron chi connectivity index (χ1n) is 8.37. The first-order chi connectivity index (χ1) is 12.0. The lowest BCUT2D eigenvalue weighted by atomic mass is 10.1. The average Bonchev–Trinajstić information content (AvgIpc) is 2.62. The predicted molar refractivity (Wildman–Crippen MR) is 95.2 cm³/mol. The van der Waals surface area contributed by atoms with Gasteiger partial charge < -0.3 is 9.08 Å². The summed E-state index contributed by atoms with van der Waals surface area (Å²) < 4.78 is 30.3. The summed E-state index contributed by atoms with van der Waals surface area (Å²) in [5.74, 6) is -0.118. The molecule has 0 atom stereocenters. The van der Waals surface area contributed by atoms with Crippen LogP contribution < -0.4 is 4.18 Å². The van der Waals surface area contributed by atoms with Gasteiger partial charge in [-0.3, -0.25) is 4.79 Å². The van der Waals surface area contributed by atoms with Gasteiger partial charge in [0.1, 0.15) is 4.90 Å². The lowest BCUT2D eigenvalue weighted by molar-refractivity contribution is 0.0722. The Bertz CT molecular complexity index is 853. The molecule has 0 bridgehead atoms. The zero-order chi connectivity index (χ0) is 17.9. The molecule has 5 nitrogen and oxygen atoms in total. The van der Waals surface area contributed by atoms with Crippen LogP contribution >= 0.6 is 0 Å². The topological polar surface area (TPSA) is 63.7 Å². The third-order valence-corrected chi connectivity index (χ3v) is 5.52. The van der Waals surface area contributed by atoms with Gasteiger partial charge in [-0.05, 0) is 50.5 Å². The molecule has 3 rings (SSSR count). The number of hydrogen-bond acceptors (Lipinski definition) is 4. The average molecular weight is 359 g/mol. The number of para-hydroxylation sites is 1. The van der Waals surface area contributed by atoms with Crippen molar-refractivity contribution in [2.24, 2.45) is 0 Å². The van der Waals surface area contributed by atoms with E-state index in [1.165, 1.54) is 18.2 Å². The molecule has 1 amide bonds. The lowest BCUT2D eigenvalue weighted by Crippen LogP contribution is -2.35. The van der Waals surface area contributed by atoms with Gasteiger partial charge in [0.05, 0.1) is 5.56 Å². The summed E-state index contributed by atoms with van der Waals surface area (Å²) in [6, 6.07) is 12.9. The largest absolute Gasteiger partial charge is 0.378 e. The van der Waals surface area contributed by atoms with E-state index in [9.17, 15) is 13.2 Å². The number of rotatable bonds is 4. The van der Waals surface area contributed by atoms with Gasteiger partial charge in [0.15, 0.2) is 5.75 Å². The van der Waals surface area contributed by atoms with E-state index in [0.717, 1.165) is 24.8 Å². The van der Waals surface area contributed by atoms with E-state index < -0.39 is 10.1 Å². The number of amides is 1. The fourth-order valence-electron chi connectivity index (χ4n) is 2.85. The minimum Gasteiger partial charge on any atom is -0.378 e. The van der Waals surface area contributed by atoms with Crippen molar-refractivity contribution in [3.8, 4) is 5.75 Å². The molecule has 1 heterocycles. The van der Waals surface area contributed by atoms with E-state index >= 15 is 0 Å². The van der Waals surface area contributed by atoms with E-state index in [1.54, 1.807) is 35.2 Å². The molecule has 2 aromatic carbocycles. The minimum absolute atomic E-state index is 0.0679. The van der Waals surface area contributed by atoms with Gasteiger partial charge in [0.2, 0.25) is 0 Å². The molecular formula is C19H21NO4S. The SMILES string of the molecule is Cc1ccc(S(=O)(=O)Oc2ccccc2C(=O)N2CCCCC2)cc1. The van der Waals surface area contributed by atoms with Crippen LogP contribution in [0.5, 0.6) is 5.75 Å². The molecule has 0 N–H and O–H groups in total. The monoisotopic (exact) mass is 359 g/mol. The molecule has 0 spiro atoms. The Balaban J connectivity index is 1.88. The van der Waals surface area contributed by atoms with Crippen molar-refractivity contribution in [2.75, 3.05) is 13.1 Å². The number of aryl methyl sites for hydroxylation is 1. The van der Waals surface area contributed by atoms with Crippen LogP contribution in [0.2, 0.25) is 0 Å². The second-order valence-corrected chi connectivity index (χ2v) is 7.75. The Kier molecular flexibility index (Phi) is 5.08. The van der Waals surface area contributed by atoms with Gasteiger partial charge >= 0.3 is 10.1 Å². The van der Waals surface area contributed by atoms with Crippen LogP contribution in [0, 0.1) is 6.92 Å². The Morgan fingerprint density at radius 3 is 2.28 bits per heavy atom. The third-order valence-electron chi connectivity index (χ3n) is 4.27. The maximum Gasteiger partial charge on any atom is 0.339 e. The summed E-state index contributed by atoms with van der Waals surface area (Å²) in [4.78, 5) is 14.6. The second kappa shape index (κ2) is 7.27. The van der Waals surface area contributed by atoms with Gasteiger partial charge in [-0.15, -0.1) is 0 Å². The Labute approximate surface area is 148 Å². The fourth-order valence-corrected chi connectivity index (χ4v) is 3.80. The van der Waals surface area contributed by atoms with E-state index in [-0.39, 0.29) is 22.1 Å². The Morgan fingerprint density at radius 2 is 1.60 bits per heavy atom. The number of piperidine rings is 1. The van der Waals surface area contributed by atoms with Crippen molar-refractivity contribution >= 4 is 16.0 Å². The molecule has 0 unspecified atom stereocenters. The first-order valence-corrected chi connectivity index (χ1v) is 9.78. The van der Waals surface area contributed by atoms with Crippen molar-refractivity contribution in [2.45, 2.75) is 31.1 Å². The second-order valence-electron chi connectivity index (χ2n) is 6.20. The molecule has 2 aromatic rings. The molecule has 1 aliphatic heterocycles. The predicted octanol–water partition coefficient (Wildman–Crippen LogP) is 3.39. The summed E-state index contributed by atoms with van der Waals surface area (Å²) in [5, 5.41) is 0. The van der Waals surface area contributed by atoms with Crippen molar-refractivity contribution in [3.05, 3.63) is 59.7 Å². The number of benzene rings is 2. The summed E-state index contributed by atoms with van der Waals surface area (Å²) >= 11 is 0. The quantitative estimate of drug-likeness (QED) is 0.785. The molecule has 1 fully saturated rings. The summed E-state index contributed by atoms with van der Waals surface area (Å²) in [6.45, 7) is 3.26. The maximum absolute atomic E-state index is 12.7. The van der Waals surface area contributed by atoms with Crippen LogP contribution in [0.15, 0.2) is 53.4 Å². The molecule has 6 heteroatoms. The van der Waals surface area contributed by atoms with Crippen LogP contribution in [0.25, 0.3) is 0 Å². The number of carbonyl (C=O) groups is 1. The lowest BCUT2D eigenvalue weighted by Gasteiger charge is -2.27. The van der Waals surface area contributed by atoms with Gasteiger partial charge in [0, 0.05) is 13.1 Å². The van der Waals surface area contributed by atoms with Gasteiger partial charge in [0.25, 0.3) is 5.91 Å². The van der Waals surface area contributed by atoms with E-state index in [0.29, 0.717) is 13.1 Å². The smallest absolute Gasteiger partial charge is 0.339 e. The van der Waals surface area contributed by atoms with E-state index in [1.807, 2.05) is 6.92 Å². The summed E-state index contributed by atoms with van der Waals surface area (Å²) in [5.41, 5.74) is 1.24. The molecule has 0 radical (unpaired) electrons. The van der Waals surface area contributed by atoms with Crippen LogP contribution in [0.3, 0.4) is 0 Å². The van der Waals surface area contributed by atoms with Gasteiger partial charge in [-0.2, -0.15) is 8.42 Å². The molecule has 25 heavy (non-hydrogen) atoms. The minimum atomic E-state index is -3.99. The highest BCUT2D eigenvalue weighted by molar-refractivity contribution is 7.87. The highest BCUT2D eigenvalue weighted by Gasteiger charge is 2.24. The Hall–Kier alpha value is -2.34. The molecule has 0 saturated carbocycles. The first kappa shape index (κ1) is 17.5. The highest BCUT2D eigenvalue weighted by atomic mass is 32.2. The third kappa shape index (κ3) is 4.02. The van der Waals surface area contributed by atoms with E-state index in [2.05, 4.69) is 0 Å². The number of carbonyl (C=O) groups excluding carboxylic acids is 1. The van der Waals surface area contributed by atoms with Crippen LogP contribution in [-0.4, -0.2) is 32.3 Å². The van der Waals surface area contributed by atoms with Crippen LogP contribution in [0.4, 0.5) is 0 Å². The maximum atomic E-state index is 12.7. The molecular weight excluding hydrogens is 338 g/mol. The van der Waals surface area contributed by atoms with Crippen LogP contribution in [-0.2, 0) is 10.1 Å². The molecule has 1 saturated heterocycles. The standard InChI is InChI=1S/C19H21NO4S/c1-15-9-11-16(12-10-15)25(22,23)24-18-8-4-3-7-17(18)19(21)20-13-5-2-6-14-20/h3-4,7-12H,2,5-6,13-14H2,1H3. The van der Waals surface area contributed by atoms with E-state index in [4.69, 9.17) is 4.18 Å². The Morgan fingerprint density at radius 1 is 0.960 bits per heavy atom. The van der Waals surface area contributed by atoms with Crippen molar-refractivity contribution in [3.63, 3.8) is 0 Å². The molecule has 132 valence electrons. The van der Waals surface area contributed by atoms with Gasteiger partial charge in [-0.25, -0.2) is 0 Å². The number of likely N-dealkylation sites (tertiary alicyclic amines) is 1. The summed E-state index contributed by atoms with van der Waals surface area (Å²) in [7, 11) is -3.99. The zero-order valence-electron chi connectivity index (χ0n) is 14.1. The highest BCUT2D eigenvalue weighted by Crippen LogP contribution is 2.25. The number of hydrogen-bond donors (Lipinski definition) is 0. The van der Waals surface area contributed by atoms with Gasteiger partial charge in [-0.1, -0.05) is 29.8 Å². The van der Waals surface area contributed by atoms with Crippen LogP contribution in [0.1, 0.15) is 35.2 Å². The summed E-state index contributed by atoms with van der Waals surface area (Å²) in [6.07, 6.45) is 3.05. The molecule has 0 aromatic heterocycles. The van der Waals surface area contributed by atoms with Crippen molar-refractivity contribution in [1.29, 1.82) is 0 Å². The van der Waals surface area contributed by atoms with Crippen molar-refractivity contribution < 1.29 is 17.4 Å². The zero-order valence-corrected chi connectivity index (χ0v) is 15.0. The normalized spacial score (nSPS) is 15.0. The number of nitrogens with zero attached hydrogens (tertiary/aromatic N) is 1. The van der Waals surface area contributed by atoms with Crippen molar-refractivity contribution in [1.82, 2.24) is 4.90 Å². The molecule has 0 aliphatic carbocycles.